The van der Waals surface area contributed by atoms with Gasteiger partial charge in [0, 0.05) is 19.7 Å². The molecule has 0 aromatic carbocycles. The minimum atomic E-state index is 0.401. The van der Waals surface area contributed by atoms with Crippen LogP contribution in [0, 0.1) is 0 Å². The number of ether oxygens (including phenoxy) is 1. The Kier molecular flexibility index (Phi) is 6.35. The fraction of sp³-hybridized carbons (Fsp3) is 0.692. The van der Waals surface area contributed by atoms with Crippen LogP contribution in [-0.2, 0) is 11.3 Å². The SMILES string of the molecule is NCCCOC1CCN(Cc2cc(Br)c(Br)o2)CC1. The van der Waals surface area contributed by atoms with Crippen LogP contribution in [0.5, 0.6) is 0 Å². The molecule has 2 heterocycles. The summed E-state index contributed by atoms with van der Waals surface area (Å²) in [7, 11) is 0. The molecule has 1 aliphatic heterocycles. The van der Waals surface area contributed by atoms with Crippen molar-refractivity contribution in [2.45, 2.75) is 31.9 Å². The number of rotatable bonds is 6. The van der Waals surface area contributed by atoms with Gasteiger partial charge in [-0.2, -0.15) is 0 Å². The van der Waals surface area contributed by atoms with Crippen LogP contribution in [-0.4, -0.2) is 37.2 Å². The Bertz CT molecular complexity index is 370. The first-order valence-electron chi connectivity index (χ1n) is 6.66. The van der Waals surface area contributed by atoms with Gasteiger partial charge in [-0.25, -0.2) is 0 Å². The van der Waals surface area contributed by atoms with Gasteiger partial charge >= 0.3 is 0 Å². The smallest absolute Gasteiger partial charge is 0.183 e. The summed E-state index contributed by atoms with van der Waals surface area (Å²) in [5.74, 6) is 0.987. The van der Waals surface area contributed by atoms with Crippen molar-refractivity contribution < 1.29 is 9.15 Å². The third-order valence-electron chi connectivity index (χ3n) is 3.31. The maximum absolute atomic E-state index is 5.80. The van der Waals surface area contributed by atoms with Crippen LogP contribution in [0.25, 0.3) is 0 Å². The van der Waals surface area contributed by atoms with Crippen LogP contribution in [0.4, 0.5) is 0 Å². The predicted octanol–water partition coefficient (Wildman–Crippen LogP) is 3.13. The van der Waals surface area contributed by atoms with Crippen LogP contribution >= 0.6 is 31.9 Å². The summed E-state index contributed by atoms with van der Waals surface area (Å²) in [6, 6.07) is 2.02. The normalized spacial score (nSPS) is 18.1. The zero-order chi connectivity index (χ0) is 13.7. The summed E-state index contributed by atoms with van der Waals surface area (Å²) < 4.78 is 13.1. The highest BCUT2D eigenvalue weighted by Gasteiger charge is 2.20. The van der Waals surface area contributed by atoms with E-state index in [0.717, 1.165) is 60.4 Å². The van der Waals surface area contributed by atoms with E-state index in [-0.39, 0.29) is 0 Å². The Labute approximate surface area is 130 Å². The fourth-order valence-electron chi connectivity index (χ4n) is 2.26. The molecule has 1 aliphatic rings. The number of likely N-dealkylation sites (tertiary alicyclic amines) is 1. The van der Waals surface area contributed by atoms with Gasteiger partial charge in [0.15, 0.2) is 4.67 Å². The van der Waals surface area contributed by atoms with Crippen LogP contribution in [0.15, 0.2) is 19.6 Å². The summed E-state index contributed by atoms with van der Waals surface area (Å²) in [5.41, 5.74) is 5.46. The van der Waals surface area contributed by atoms with Gasteiger partial charge < -0.3 is 14.9 Å². The second kappa shape index (κ2) is 7.78. The second-order valence-electron chi connectivity index (χ2n) is 4.82. The molecule has 0 unspecified atom stereocenters. The lowest BCUT2D eigenvalue weighted by Gasteiger charge is -2.31. The van der Waals surface area contributed by atoms with E-state index in [1.807, 2.05) is 6.07 Å². The van der Waals surface area contributed by atoms with E-state index in [9.17, 15) is 0 Å². The Morgan fingerprint density at radius 3 is 2.68 bits per heavy atom. The molecule has 1 aromatic rings. The Hall–Kier alpha value is 0.120. The third kappa shape index (κ3) is 4.86. The molecule has 0 radical (unpaired) electrons. The van der Waals surface area contributed by atoms with Gasteiger partial charge in [0.05, 0.1) is 17.1 Å². The van der Waals surface area contributed by atoms with Crippen LogP contribution < -0.4 is 5.73 Å². The van der Waals surface area contributed by atoms with E-state index in [4.69, 9.17) is 14.9 Å². The van der Waals surface area contributed by atoms with Gasteiger partial charge in [0.25, 0.3) is 0 Å². The number of piperidine rings is 1. The van der Waals surface area contributed by atoms with Gasteiger partial charge in [0.2, 0.25) is 0 Å². The minimum absolute atomic E-state index is 0.401. The topological polar surface area (TPSA) is 51.6 Å². The molecule has 6 heteroatoms. The van der Waals surface area contributed by atoms with Crippen molar-refractivity contribution in [3.8, 4) is 0 Å². The van der Waals surface area contributed by atoms with E-state index < -0.39 is 0 Å². The molecule has 19 heavy (non-hydrogen) atoms. The lowest BCUT2D eigenvalue weighted by molar-refractivity contribution is 0.00441. The summed E-state index contributed by atoms with van der Waals surface area (Å²) >= 11 is 6.80. The molecule has 4 nitrogen and oxygen atoms in total. The van der Waals surface area contributed by atoms with Crippen molar-refractivity contribution in [3.05, 3.63) is 21.0 Å². The summed E-state index contributed by atoms with van der Waals surface area (Å²) in [6.07, 6.45) is 3.54. The molecule has 0 saturated carbocycles. The quantitative estimate of drug-likeness (QED) is 0.751. The molecule has 0 aliphatic carbocycles. The van der Waals surface area contributed by atoms with Crippen LogP contribution in [0.2, 0.25) is 0 Å². The Morgan fingerprint density at radius 1 is 1.37 bits per heavy atom. The standard InChI is InChI=1S/C13H20Br2N2O2/c14-12-8-11(19-13(12)15)9-17-5-2-10(3-6-17)18-7-1-4-16/h8,10H,1-7,9,16H2. The highest BCUT2D eigenvalue weighted by atomic mass is 79.9. The number of nitrogens with zero attached hydrogens (tertiary/aromatic N) is 1. The molecule has 1 saturated heterocycles. The monoisotopic (exact) mass is 394 g/mol. The number of nitrogens with two attached hydrogens (primary N) is 1. The highest BCUT2D eigenvalue weighted by molar-refractivity contribution is 9.13. The molecule has 1 aromatic heterocycles. The zero-order valence-electron chi connectivity index (χ0n) is 10.9. The van der Waals surface area contributed by atoms with Crippen molar-refractivity contribution in [3.63, 3.8) is 0 Å². The van der Waals surface area contributed by atoms with E-state index >= 15 is 0 Å². The summed E-state index contributed by atoms with van der Waals surface area (Å²) in [6.45, 7) is 4.48. The highest BCUT2D eigenvalue weighted by Crippen LogP contribution is 2.28. The van der Waals surface area contributed by atoms with E-state index in [1.165, 1.54) is 0 Å². The first-order chi connectivity index (χ1) is 9.19. The molecule has 108 valence electrons. The van der Waals surface area contributed by atoms with E-state index in [1.54, 1.807) is 0 Å². The molecule has 0 bridgehead atoms. The van der Waals surface area contributed by atoms with Gasteiger partial charge in [-0.3, -0.25) is 4.90 Å². The minimum Gasteiger partial charge on any atom is -0.452 e. The van der Waals surface area contributed by atoms with Crippen molar-refractivity contribution in [2.24, 2.45) is 5.73 Å². The third-order valence-corrected chi connectivity index (χ3v) is 5.02. The van der Waals surface area contributed by atoms with Gasteiger partial charge in [-0.15, -0.1) is 0 Å². The molecular formula is C13H20Br2N2O2. The molecular weight excluding hydrogens is 376 g/mol. The lowest BCUT2D eigenvalue weighted by atomic mass is 10.1. The maximum Gasteiger partial charge on any atom is 0.183 e. The van der Waals surface area contributed by atoms with Crippen LogP contribution in [0.3, 0.4) is 0 Å². The Balaban J connectivity index is 1.71. The average Bonchev–Trinajstić information content (AvgIpc) is 2.71. The van der Waals surface area contributed by atoms with Crippen molar-refractivity contribution in [1.29, 1.82) is 0 Å². The largest absolute Gasteiger partial charge is 0.452 e. The van der Waals surface area contributed by atoms with Crippen LogP contribution in [0.1, 0.15) is 25.0 Å². The average molecular weight is 396 g/mol. The lowest BCUT2D eigenvalue weighted by Crippen LogP contribution is -2.36. The first-order valence-corrected chi connectivity index (χ1v) is 8.25. The van der Waals surface area contributed by atoms with Gasteiger partial charge in [0.1, 0.15) is 5.76 Å². The fourth-order valence-corrected chi connectivity index (χ4v) is 2.92. The first kappa shape index (κ1) is 15.5. The molecule has 2 rings (SSSR count). The van der Waals surface area contributed by atoms with Gasteiger partial charge in [-0.05, 0) is 63.7 Å². The summed E-state index contributed by atoms with van der Waals surface area (Å²) in [4.78, 5) is 2.40. The molecule has 2 N–H and O–H groups in total. The predicted molar refractivity (Wildman–Crippen MR) is 82.0 cm³/mol. The molecule has 0 amide bonds. The summed E-state index contributed by atoms with van der Waals surface area (Å²) in [5, 5.41) is 0. The number of hydrogen-bond donors (Lipinski definition) is 1. The van der Waals surface area contributed by atoms with Crippen molar-refractivity contribution in [2.75, 3.05) is 26.2 Å². The van der Waals surface area contributed by atoms with E-state index in [2.05, 4.69) is 36.8 Å². The molecule has 0 atom stereocenters. The van der Waals surface area contributed by atoms with Crippen molar-refractivity contribution >= 4 is 31.9 Å². The molecule has 0 spiro atoms. The maximum atomic E-state index is 5.80. The molecule has 1 fully saturated rings. The number of furan rings is 1. The zero-order valence-corrected chi connectivity index (χ0v) is 14.1. The second-order valence-corrected chi connectivity index (χ2v) is 6.40. The van der Waals surface area contributed by atoms with E-state index in [0.29, 0.717) is 12.6 Å². The van der Waals surface area contributed by atoms with Crippen molar-refractivity contribution in [1.82, 2.24) is 4.90 Å². The van der Waals surface area contributed by atoms with Gasteiger partial charge in [-0.1, -0.05) is 0 Å². The number of hydrogen-bond acceptors (Lipinski definition) is 4. The number of halogens is 2. The Morgan fingerprint density at radius 2 is 2.11 bits per heavy atom.